The quantitative estimate of drug-likeness (QED) is 0.0286. The number of phenols is 1. The Kier molecular flexibility index (Phi) is 20.6. The molecule has 0 spiro atoms. The van der Waals surface area contributed by atoms with Crippen molar-refractivity contribution >= 4 is 53.3 Å². The zero-order chi connectivity index (χ0) is 48.4. The minimum Gasteiger partial charge on any atom is -0.508 e. The lowest BCUT2D eigenvalue weighted by Gasteiger charge is -2.31. The van der Waals surface area contributed by atoms with E-state index >= 15 is 0 Å². The van der Waals surface area contributed by atoms with Crippen LogP contribution in [-0.4, -0.2) is 139 Å². The van der Waals surface area contributed by atoms with Gasteiger partial charge in [-0.15, -0.1) is 0 Å². The Morgan fingerprint density at radius 2 is 1.38 bits per heavy atom. The molecule has 2 aromatic rings. The first kappa shape index (κ1) is 52.6. The van der Waals surface area contributed by atoms with E-state index in [-0.39, 0.29) is 56.9 Å². The van der Waals surface area contributed by atoms with E-state index in [4.69, 9.17) is 22.3 Å². The predicted molar refractivity (Wildman–Crippen MR) is 235 cm³/mol. The van der Waals surface area contributed by atoms with Crippen LogP contribution in [0, 0.1) is 11.8 Å². The molecule has 358 valence electrons. The average molecular weight is 913 g/mol. The number of carbonyl (C=O) groups is 8. The lowest BCUT2D eigenvalue weighted by molar-refractivity contribution is -0.149. The molecule has 6 amide bonds. The van der Waals surface area contributed by atoms with Gasteiger partial charge < -0.3 is 69.0 Å². The lowest BCUT2D eigenvalue weighted by Crippen LogP contribution is -2.62. The van der Waals surface area contributed by atoms with Gasteiger partial charge in [0.25, 0.3) is 0 Å². The number of imidazole rings is 1. The number of carboxylic acid groups (broad SMARTS) is 2. The minimum atomic E-state index is -1.49. The first-order valence-electron chi connectivity index (χ1n) is 21.6. The second-order valence-electron chi connectivity index (χ2n) is 16.3. The van der Waals surface area contributed by atoms with Crippen molar-refractivity contribution in [2.75, 3.05) is 13.1 Å². The monoisotopic (exact) mass is 912 g/mol. The van der Waals surface area contributed by atoms with Crippen LogP contribution in [-0.2, 0) is 51.2 Å². The number of carboxylic acids is 2. The maximum Gasteiger partial charge on any atom is 0.326 e. The van der Waals surface area contributed by atoms with Gasteiger partial charge in [-0.05, 0) is 55.2 Å². The van der Waals surface area contributed by atoms with E-state index in [0.29, 0.717) is 30.5 Å². The van der Waals surface area contributed by atoms with E-state index in [1.165, 1.54) is 41.7 Å². The van der Waals surface area contributed by atoms with Crippen molar-refractivity contribution in [3.8, 4) is 5.75 Å². The fourth-order valence-electron chi connectivity index (χ4n) is 7.15. The summed E-state index contributed by atoms with van der Waals surface area (Å²) in [6.45, 7) is 7.19. The summed E-state index contributed by atoms with van der Waals surface area (Å²) in [5.74, 6) is -8.57. The smallest absolute Gasteiger partial charge is 0.326 e. The van der Waals surface area contributed by atoms with Crippen LogP contribution in [0.25, 0.3) is 0 Å². The third-order valence-corrected chi connectivity index (χ3v) is 11.3. The summed E-state index contributed by atoms with van der Waals surface area (Å²) in [6.07, 6.45) is 3.51. The van der Waals surface area contributed by atoms with Crippen LogP contribution >= 0.6 is 0 Å². The largest absolute Gasteiger partial charge is 0.508 e. The lowest BCUT2D eigenvalue weighted by atomic mass is 9.95. The Morgan fingerprint density at radius 1 is 0.815 bits per heavy atom. The molecule has 23 heteroatoms. The Morgan fingerprint density at radius 3 is 1.91 bits per heavy atom. The number of rotatable bonds is 26. The van der Waals surface area contributed by atoms with Crippen molar-refractivity contribution in [1.29, 1.82) is 0 Å². The number of guanidine groups is 1. The number of nitrogens with one attached hydrogen (secondary N) is 6. The van der Waals surface area contributed by atoms with Crippen LogP contribution in [0.4, 0.5) is 0 Å². The number of H-pyrrole nitrogens is 1. The van der Waals surface area contributed by atoms with Crippen LogP contribution in [0.1, 0.15) is 83.9 Å². The number of nitrogens with zero attached hydrogens (tertiary/aromatic N) is 3. The second kappa shape index (κ2) is 25.5. The van der Waals surface area contributed by atoms with Crippen molar-refractivity contribution < 1.29 is 53.7 Å². The number of benzene rings is 1. The summed E-state index contributed by atoms with van der Waals surface area (Å²) in [7, 11) is 0. The fourth-order valence-corrected chi connectivity index (χ4v) is 7.15. The second-order valence-corrected chi connectivity index (χ2v) is 16.3. The highest BCUT2D eigenvalue weighted by Gasteiger charge is 2.40. The average Bonchev–Trinajstić information content (AvgIpc) is 3.98. The predicted octanol–water partition coefficient (Wildman–Crippen LogP) is -1.65. The molecular formula is C42H64N12O11. The van der Waals surface area contributed by atoms with Gasteiger partial charge in [0.1, 0.15) is 42.0 Å². The molecule has 3 rings (SSSR count). The van der Waals surface area contributed by atoms with Crippen LogP contribution in [0.3, 0.4) is 0 Å². The molecule has 15 N–H and O–H groups in total. The maximum atomic E-state index is 14.4. The van der Waals surface area contributed by atoms with Gasteiger partial charge in [-0.1, -0.05) is 52.7 Å². The van der Waals surface area contributed by atoms with E-state index in [1.807, 2.05) is 0 Å². The summed E-state index contributed by atoms with van der Waals surface area (Å²) < 4.78 is 0. The molecule has 1 aromatic carbocycles. The van der Waals surface area contributed by atoms with Gasteiger partial charge >= 0.3 is 11.9 Å². The Bertz CT molecular complexity index is 1980. The van der Waals surface area contributed by atoms with Gasteiger partial charge in [-0.2, -0.15) is 0 Å². The number of phenolic OH excluding ortho intramolecular Hbond substituents is 1. The first-order valence-corrected chi connectivity index (χ1v) is 21.6. The standard InChI is InChI=1S/C42H64N12O11/c1-5-22(3)33(52-36(59)28(9-7-15-47-42(44)45)49-35(58)27(43)19-32(56)57)38(61)50-29(17-24-11-13-26(55)14-12-24)37(60)53-34(23(4)6-2)39(62)51-30(18-25-20-46-21-48-25)40(63)54-16-8-10-31(54)41(64)65/h11-14,20-23,27-31,33-34,55H,5-10,15-19,43H2,1-4H3,(H,46,48)(H,49,58)(H,50,61)(H,51,62)(H,52,59)(H,53,60)(H,56,57)(H,64,65)(H4,44,45,47)/t22-,23-,27-,28-,29-,30-,31-,33-,34-/m0/s1. The first-order chi connectivity index (χ1) is 30.7. The van der Waals surface area contributed by atoms with Crippen molar-refractivity contribution in [3.05, 3.63) is 48.0 Å². The minimum absolute atomic E-state index is 0.0412. The van der Waals surface area contributed by atoms with Crippen molar-refractivity contribution in [1.82, 2.24) is 41.5 Å². The molecule has 0 radical (unpaired) electrons. The third kappa shape index (κ3) is 16.4. The van der Waals surface area contributed by atoms with Crippen molar-refractivity contribution in [2.45, 2.75) is 128 Å². The highest BCUT2D eigenvalue weighted by molar-refractivity contribution is 5.97. The van der Waals surface area contributed by atoms with Crippen LogP contribution in [0.15, 0.2) is 41.8 Å². The number of aliphatic imine (C=N–C) groups is 1. The molecule has 65 heavy (non-hydrogen) atoms. The summed E-state index contributed by atoms with van der Waals surface area (Å²) in [5, 5.41) is 42.2. The molecular weight excluding hydrogens is 849 g/mol. The third-order valence-electron chi connectivity index (χ3n) is 11.3. The zero-order valence-corrected chi connectivity index (χ0v) is 37.1. The molecule has 1 aliphatic heterocycles. The molecule has 0 saturated carbocycles. The highest BCUT2D eigenvalue weighted by Crippen LogP contribution is 2.21. The number of hydrogen-bond donors (Lipinski definition) is 12. The highest BCUT2D eigenvalue weighted by atomic mass is 16.4. The number of amides is 6. The van der Waals surface area contributed by atoms with Gasteiger partial charge in [-0.25, -0.2) is 9.78 Å². The van der Waals surface area contributed by atoms with Crippen LogP contribution < -0.4 is 43.8 Å². The number of hydrogen-bond acceptors (Lipinski definition) is 12. The summed E-state index contributed by atoms with van der Waals surface area (Å²) >= 11 is 0. The van der Waals surface area contributed by atoms with Crippen LogP contribution in [0.2, 0.25) is 0 Å². The van der Waals surface area contributed by atoms with E-state index in [2.05, 4.69) is 41.5 Å². The molecule has 1 aromatic heterocycles. The van der Waals surface area contributed by atoms with E-state index in [1.54, 1.807) is 27.7 Å². The molecule has 0 unspecified atom stereocenters. The zero-order valence-electron chi connectivity index (χ0n) is 37.1. The van der Waals surface area contributed by atoms with Gasteiger partial charge in [0, 0.05) is 37.8 Å². The van der Waals surface area contributed by atoms with Gasteiger partial charge in [0.15, 0.2) is 5.96 Å². The number of aromatic hydroxyl groups is 1. The summed E-state index contributed by atoms with van der Waals surface area (Å²) in [6, 6.07) is -3.23. The Hall–Kier alpha value is -6.78. The van der Waals surface area contributed by atoms with Crippen molar-refractivity contribution in [2.24, 2.45) is 34.0 Å². The van der Waals surface area contributed by atoms with Crippen molar-refractivity contribution in [3.63, 3.8) is 0 Å². The van der Waals surface area contributed by atoms with Gasteiger partial charge in [0.2, 0.25) is 35.4 Å². The van der Waals surface area contributed by atoms with Gasteiger partial charge in [-0.3, -0.25) is 38.6 Å². The number of aromatic nitrogens is 2. The molecule has 0 bridgehead atoms. The Balaban J connectivity index is 1.94. The van der Waals surface area contributed by atoms with E-state index in [0.717, 1.165) is 0 Å². The number of likely N-dealkylation sites (tertiary alicyclic amines) is 1. The van der Waals surface area contributed by atoms with Crippen LogP contribution in [0.5, 0.6) is 5.75 Å². The molecule has 23 nitrogen and oxygen atoms in total. The molecule has 0 aliphatic carbocycles. The summed E-state index contributed by atoms with van der Waals surface area (Å²) in [4.78, 5) is 119. The normalized spacial score (nSPS) is 17.1. The molecule has 9 atom stereocenters. The molecule has 1 fully saturated rings. The van der Waals surface area contributed by atoms with E-state index in [9.17, 15) is 48.6 Å². The number of aromatic amines is 1. The topological polar surface area (TPSA) is 380 Å². The number of aliphatic carboxylic acids is 2. The fraction of sp³-hybridized carbons (Fsp3) is 0.571. The Labute approximate surface area is 376 Å². The maximum absolute atomic E-state index is 14.4. The summed E-state index contributed by atoms with van der Waals surface area (Å²) in [5.41, 5.74) is 17.6. The molecule has 1 saturated heterocycles. The molecule has 2 heterocycles. The van der Waals surface area contributed by atoms with E-state index < -0.39 is 108 Å². The van der Waals surface area contributed by atoms with Gasteiger partial charge in [0.05, 0.1) is 18.8 Å². The molecule has 1 aliphatic rings. The number of carbonyl (C=O) groups excluding carboxylic acids is 6. The SMILES string of the molecule is CC[C@H](C)[C@H](NC(=O)[C@H](CCCN=C(N)N)NC(=O)[C@@H](N)CC(=O)O)C(=O)N[C@@H](Cc1ccc(O)cc1)C(=O)N[C@H](C(=O)N[C@@H](Cc1cnc[nH]1)C(=O)N1CCC[C@H]1C(=O)O)[C@@H](C)CC. The number of nitrogens with two attached hydrogens (primary N) is 3.